The standard InChI is InChI=1S/C15H21NO/c17-9-8-16(14-5-3-6-14)11-13-10-12-4-1-2-7-15(12)13/h1-2,4,7,13-14,17H,3,5-6,8-11H2. The van der Waals surface area contributed by atoms with Gasteiger partial charge in [0.15, 0.2) is 0 Å². The maximum atomic E-state index is 9.16. The second kappa shape index (κ2) is 4.79. The maximum absolute atomic E-state index is 9.16. The van der Waals surface area contributed by atoms with Crippen molar-refractivity contribution in [3.63, 3.8) is 0 Å². The van der Waals surface area contributed by atoms with Crippen LogP contribution in [0.5, 0.6) is 0 Å². The van der Waals surface area contributed by atoms with Crippen LogP contribution in [0.4, 0.5) is 0 Å². The minimum absolute atomic E-state index is 0.296. The van der Waals surface area contributed by atoms with Gasteiger partial charge in [0, 0.05) is 25.0 Å². The summed E-state index contributed by atoms with van der Waals surface area (Å²) < 4.78 is 0. The molecule has 1 aromatic rings. The average molecular weight is 231 g/mol. The Hall–Kier alpha value is -0.860. The van der Waals surface area contributed by atoms with Gasteiger partial charge in [0.2, 0.25) is 0 Å². The average Bonchev–Trinajstić information content (AvgIpc) is 2.23. The number of hydrogen-bond acceptors (Lipinski definition) is 2. The zero-order chi connectivity index (χ0) is 11.7. The van der Waals surface area contributed by atoms with Gasteiger partial charge < -0.3 is 5.11 Å². The number of hydrogen-bond donors (Lipinski definition) is 1. The van der Waals surface area contributed by atoms with E-state index in [4.69, 9.17) is 5.11 Å². The van der Waals surface area contributed by atoms with E-state index in [9.17, 15) is 0 Å². The lowest BCUT2D eigenvalue weighted by molar-refractivity contribution is 0.0923. The van der Waals surface area contributed by atoms with Gasteiger partial charge in [-0.15, -0.1) is 0 Å². The molecule has 0 spiro atoms. The Bertz CT molecular complexity index is 386. The van der Waals surface area contributed by atoms with Crippen LogP contribution in [-0.2, 0) is 6.42 Å². The zero-order valence-electron chi connectivity index (χ0n) is 10.3. The van der Waals surface area contributed by atoms with Crippen LogP contribution in [0.3, 0.4) is 0 Å². The maximum Gasteiger partial charge on any atom is 0.0558 e. The van der Waals surface area contributed by atoms with Crippen LogP contribution >= 0.6 is 0 Å². The van der Waals surface area contributed by atoms with Gasteiger partial charge >= 0.3 is 0 Å². The first-order valence-electron chi connectivity index (χ1n) is 6.81. The molecule has 0 saturated heterocycles. The molecule has 1 saturated carbocycles. The molecule has 0 bridgehead atoms. The van der Waals surface area contributed by atoms with Gasteiger partial charge in [0.25, 0.3) is 0 Å². The van der Waals surface area contributed by atoms with Crippen molar-refractivity contribution in [2.24, 2.45) is 0 Å². The lowest BCUT2D eigenvalue weighted by Gasteiger charge is -2.42. The summed E-state index contributed by atoms with van der Waals surface area (Å²) in [6, 6.07) is 9.53. The normalized spacial score (nSPS) is 23.1. The van der Waals surface area contributed by atoms with Crippen molar-refractivity contribution in [3.05, 3.63) is 35.4 Å². The van der Waals surface area contributed by atoms with Crippen LogP contribution in [0.25, 0.3) is 0 Å². The third kappa shape index (κ3) is 2.12. The minimum Gasteiger partial charge on any atom is -0.395 e. The van der Waals surface area contributed by atoms with E-state index in [1.54, 1.807) is 0 Å². The molecule has 3 rings (SSSR count). The van der Waals surface area contributed by atoms with Gasteiger partial charge in [-0.3, -0.25) is 4.90 Å². The Morgan fingerprint density at radius 1 is 1.24 bits per heavy atom. The predicted molar refractivity (Wildman–Crippen MR) is 69.2 cm³/mol. The molecule has 1 N–H and O–H groups in total. The van der Waals surface area contributed by atoms with Crippen LogP contribution in [0.15, 0.2) is 24.3 Å². The van der Waals surface area contributed by atoms with Crippen molar-refractivity contribution >= 4 is 0 Å². The fraction of sp³-hybridized carbons (Fsp3) is 0.600. The second-order valence-corrected chi connectivity index (χ2v) is 5.40. The quantitative estimate of drug-likeness (QED) is 0.839. The Kier molecular flexibility index (Phi) is 3.17. The molecule has 2 aliphatic carbocycles. The Labute approximate surface area is 103 Å². The molecule has 0 amide bonds. The van der Waals surface area contributed by atoms with E-state index in [0.717, 1.165) is 19.1 Å². The highest BCUT2D eigenvalue weighted by atomic mass is 16.3. The highest BCUT2D eigenvalue weighted by Gasteiger charge is 2.31. The van der Waals surface area contributed by atoms with Crippen molar-refractivity contribution in [1.29, 1.82) is 0 Å². The first kappa shape index (κ1) is 11.2. The fourth-order valence-electron chi connectivity index (χ4n) is 3.11. The SMILES string of the molecule is OCCN(CC1Cc2ccccc21)C1CCC1. The lowest BCUT2D eigenvalue weighted by atomic mass is 9.76. The number of aliphatic hydroxyl groups is 1. The molecule has 1 aromatic carbocycles. The summed E-state index contributed by atoms with van der Waals surface area (Å²) in [4.78, 5) is 2.50. The van der Waals surface area contributed by atoms with E-state index in [2.05, 4.69) is 29.2 Å². The predicted octanol–water partition coefficient (Wildman–Crippen LogP) is 2.17. The van der Waals surface area contributed by atoms with Gasteiger partial charge in [0.05, 0.1) is 6.61 Å². The molecular weight excluding hydrogens is 210 g/mol. The summed E-state index contributed by atoms with van der Waals surface area (Å²) in [6.45, 7) is 2.29. The summed E-state index contributed by atoms with van der Waals surface area (Å²) in [5.41, 5.74) is 3.06. The molecular formula is C15H21NO. The smallest absolute Gasteiger partial charge is 0.0558 e. The van der Waals surface area contributed by atoms with Crippen molar-refractivity contribution < 1.29 is 5.11 Å². The van der Waals surface area contributed by atoms with Crippen LogP contribution in [-0.4, -0.2) is 35.7 Å². The van der Waals surface area contributed by atoms with Crippen molar-refractivity contribution in [3.8, 4) is 0 Å². The highest BCUT2D eigenvalue weighted by Crippen LogP contribution is 2.37. The minimum atomic E-state index is 0.296. The van der Waals surface area contributed by atoms with Crippen LogP contribution in [0, 0.1) is 0 Å². The number of nitrogens with zero attached hydrogens (tertiary/aromatic N) is 1. The van der Waals surface area contributed by atoms with Gasteiger partial charge in [0.1, 0.15) is 0 Å². The second-order valence-electron chi connectivity index (χ2n) is 5.40. The summed E-state index contributed by atoms with van der Waals surface area (Å²) >= 11 is 0. The molecule has 92 valence electrons. The van der Waals surface area contributed by atoms with Gasteiger partial charge in [-0.1, -0.05) is 30.7 Å². The Morgan fingerprint density at radius 2 is 2.06 bits per heavy atom. The lowest BCUT2D eigenvalue weighted by Crippen LogP contribution is -2.45. The molecule has 17 heavy (non-hydrogen) atoms. The van der Waals surface area contributed by atoms with Crippen molar-refractivity contribution in [2.45, 2.75) is 37.6 Å². The van der Waals surface area contributed by atoms with E-state index >= 15 is 0 Å². The molecule has 0 heterocycles. The highest BCUT2D eigenvalue weighted by molar-refractivity contribution is 5.40. The molecule has 0 radical (unpaired) electrons. The van der Waals surface area contributed by atoms with E-state index in [1.807, 2.05) is 0 Å². The van der Waals surface area contributed by atoms with Crippen molar-refractivity contribution in [2.75, 3.05) is 19.7 Å². The van der Waals surface area contributed by atoms with E-state index in [0.29, 0.717) is 12.5 Å². The number of rotatable bonds is 5. The third-order valence-corrected chi connectivity index (χ3v) is 4.39. The molecule has 0 aromatic heterocycles. The summed E-state index contributed by atoms with van der Waals surface area (Å²) in [7, 11) is 0. The number of fused-ring (bicyclic) bond motifs is 1. The zero-order valence-corrected chi connectivity index (χ0v) is 10.3. The summed E-state index contributed by atoms with van der Waals surface area (Å²) in [6.07, 6.45) is 5.25. The Morgan fingerprint density at radius 3 is 2.71 bits per heavy atom. The van der Waals surface area contributed by atoms with Gasteiger partial charge in [-0.25, -0.2) is 0 Å². The summed E-state index contributed by atoms with van der Waals surface area (Å²) in [5.74, 6) is 0.707. The van der Waals surface area contributed by atoms with Crippen LogP contribution < -0.4 is 0 Å². The monoisotopic (exact) mass is 231 g/mol. The van der Waals surface area contributed by atoms with E-state index in [1.165, 1.54) is 36.8 Å². The van der Waals surface area contributed by atoms with Crippen LogP contribution in [0.1, 0.15) is 36.3 Å². The molecule has 1 atom stereocenters. The number of aliphatic hydroxyl groups excluding tert-OH is 1. The topological polar surface area (TPSA) is 23.5 Å². The molecule has 2 nitrogen and oxygen atoms in total. The van der Waals surface area contributed by atoms with Gasteiger partial charge in [-0.2, -0.15) is 0 Å². The number of benzene rings is 1. The third-order valence-electron chi connectivity index (χ3n) is 4.39. The Balaban J connectivity index is 1.62. The molecule has 2 heteroatoms. The van der Waals surface area contributed by atoms with E-state index < -0.39 is 0 Å². The molecule has 1 unspecified atom stereocenters. The molecule has 1 fully saturated rings. The molecule has 0 aliphatic heterocycles. The van der Waals surface area contributed by atoms with Gasteiger partial charge in [-0.05, 0) is 30.4 Å². The fourth-order valence-corrected chi connectivity index (χ4v) is 3.11. The first-order valence-corrected chi connectivity index (χ1v) is 6.81. The van der Waals surface area contributed by atoms with E-state index in [-0.39, 0.29) is 0 Å². The molecule has 2 aliphatic rings. The summed E-state index contributed by atoms with van der Waals surface area (Å²) in [5, 5.41) is 9.16. The largest absolute Gasteiger partial charge is 0.395 e. The van der Waals surface area contributed by atoms with Crippen LogP contribution in [0.2, 0.25) is 0 Å². The van der Waals surface area contributed by atoms with Crippen molar-refractivity contribution in [1.82, 2.24) is 4.90 Å². The first-order chi connectivity index (χ1) is 8.38.